The van der Waals surface area contributed by atoms with Crippen LogP contribution in [0.3, 0.4) is 0 Å². The van der Waals surface area contributed by atoms with E-state index in [-0.39, 0.29) is 0 Å². The van der Waals surface area contributed by atoms with Crippen molar-refractivity contribution in [2.75, 3.05) is 6.61 Å². The molecular formula is C18H26N2O. The van der Waals surface area contributed by atoms with Crippen LogP contribution in [0.1, 0.15) is 51.2 Å². The SMILES string of the molecule is CC(C)NC(C)(C#N)CCOc1ccc2c(c1)CCCC2. The van der Waals surface area contributed by atoms with Crippen LogP contribution in [-0.4, -0.2) is 18.2 Å². The molecule has 1 atom stereocenters. The van der Waals surface area contributed by atoms with Gasteiger partial charge in [0.05, 0.1) is 12.7 Å². The molecule has 2 rings (SSSR count). The molecule has 3 nitrogen and oxygen atoms in total. The largest absolute Gasteiger partial charge is 0.493 e. The Morgan fingerprint density at radius 3 is 2.67 bits per heavy atom. The second-order valence-corrected chi connectivity index (χ2v) is 6.48. The highest BCUT2D eigenvalue weighted by atomic mass is 16.5. The van der Waals surface area contributed by atoms with Crippen molar-refractivity contribution in [2.24, 2.45) is 0 Å². The summed E-state index contributed by atoms with van der Waals surface area (Å²) in [4.78, 5) is 0. The van der Waals surface area contributed by atoms with Gasteiger partial charge in [0.2, 0.25) is 0 Å². The second-order valence-electron chi connectivity index (χ2n) is 6.48. The Kier molecular flexibility index (Phi) is 5.25. The van der Waals surface area contributed by atoms with E-state index in [9.17, 15) is 5.26 Å². The van der Waals surface area contributed by atoms with Crippen LogP contribution in [0.15, 0.2) is 18.2 Å². The van der Waals surface area contributed by atoms with Crippen molar-refractivity contribution in [2.45, 2.75) is 64.5 Å². The van der Waals surface area contributed by atoms with Crippen molar-refractivity contribution in [3.8, 4) is 11.8 Å². The zero-order valence-electron chi connectivity index (χ0n) is 13.4. The summed E-state index contributed by atoms with van der Waals surface area (Å²) in [6.07, 6.45) is 5.62. The maximum atomic E-state index is 9.32. The summed E-state index contributed by atoms with van der Waals surface area (Å²) in [5.74, 6) is 0.931. The maximum Gasteiger partial charge on any atom is 0.119 e. The minimum Gasteiger partial charge on any atom is -0.493 e. The Hall–Kier alpha value is -1.53. The fourth-order valence-corrected chi connectivity index (χ4v) is 2.97. The Balaban J connectivity index is 1.90. The molecular weight excluding hydrogens is 260 g/mol. The van der Waals surface area contributed by atoms with Gasteiger partial charge in [-0.2, -0.15) is 5.26 Å². The van der Waals surface area contributed by atoms with Gasteiger partial charge in [-0.05, 0) is 69.7 Å². The Morgan fingerprint density at radius 1 is 1.29 bits per heavy atom. The van der Waals surface area contributed by atoms with Gasteiger partial charge in [0.25, 0.3) is 0 Å². The zero-order valence-corrected chi connectivity index (χ0v) is 13.4. The van der Waals surface area contributed by atoms with Crippen molar-refractivity contribution < 1.29 is 4.74 Å². The molecule has 0 fully saturated rings. The molecule has 0 bridgehead atoms. The number of benzene rings is 1. The fourth-order valence-electron chi connectivity index (χ4n) is 2.97. The number of nitrogens with one attached hydrogen (secondary N) is 1. The lowest BCUT2D eigenvalue weighted by Crippen LogP contribution is -2.45. The van der Waals surface area contributed by atoms with Crippen LogP contribution < -0.4 is 10.1 Å². The summed E-state index contributed by atoms with van der Waals surface area (Å²) in [6.45, 7) is 6.60. The van der Waals surface area contributed by atoms with Crippen molar-refractivity contribution >= 4 is 0 Å². The van der Waals surface area contributed by atoms with E-state index >= 15 is 0 Å². The number of ether oxygens (including phenoxy) is 1. The summed E-state index contributed by atoms with van der Waals surface area (Å²) in [7, 11) is 0. The highest BCUT2D eigenvalue weighted by molar-refractivity contribution is 5.37. The summed E-state index contributed by atoms with van der Waals surface area (Å²) < 4.78 is 5.86. The monoisotopic (exact) mass is 286 g/mol. The zero-order chi connectivity index (χ0) is 15.3. The van der Waals surface area contributed by atoms with Gasteiger partial charge in [-0.3, -0.25) is 5.32 Å². The fraction of sp³-hybridized carbons (Fsp3) is 0.611. The average Bonchev–Trinajstić information content (AvgIpc) is 2.46. The van der Waals surface area contributed by atoms with E-state index in [4.69, 9.17) is 4.74 Å². The van der Waals surface area contributed by atoms with Crippen LogP contribution in [-0.2, 0) is 12.8 Å². The first-order chi connectivity index (χ1) is 10.0. The Morgan fingerprint density at radius 2 is 2.00 bits per heavy atom. The van der Waals surface area contributed by atoms with Crippen LogP contribution >= 0.6 is 0 Å². The molecule has 1 N–H and O–H groups in total. The molecule has 1 aromatic carbocycles. The highest BCUT2D eigenvalue weighted by Crippen LogP contribution is 2.25. The summed E-state index contributed by atoms with van der Waals surface area (Å²) in [6, 6.07) is 9.07. The minimum atomic E-state index is -0.525. The summed E-state index contributed by atoms with van der Waals surface area (Å²) >= 11 is 0. The van der Waals surface area contributed by atoms with Crippen LogP contribution in [0.5, 0.6) is 5.75 Å². The lowest BCUT2D eigenvalue weighted by molar-refractivity contribution is 0.260. The van der Waals surface area contributed by atoms with Crippen molar-refractivity contribution in [1.29, 1.82) is 5.26 Å². The predicted octanol–water partition coefficient (Wildman–Crippen LogP) is 3.61. The third-order valence-corrected chi connectivity index (χ3v) is 4.04. The van der Waals surface area contributed by atoms with Crippen molar-refractivity contribution in [3.05, 3.63) is 29.3 Å². The topological polar surface area (TPSA) is 45.0 Å². The van der Waals surface area contributed by atoms with Gasteiger partial charge in [0.15, 0.2) is 0 Å². The van der Waals surface area contributed by atoms with E-state index in [2.05, 4.69) is 43.4 Å². The van der Waals surface area contributed by atoms with Gasteiger partial charge >= 0.3 is 0 Å². The van der Waals surface area contributed by atoms with Gasteiger partial charge in [-0.25, -0.2) is 0 Å². The minimum absolute atomic E-state index is 0.290. The van der Waals surface area contributed by atoms with Gasteiger partial charge in [-0.15, -0.1) is 0 Å². The second kappa shape index (κ2) is 6.95. The lowest BCUT2D eigenvalue weighted by atomic mass is 9.92. The molecule has 1 aliphatic carbocycles. The molecule has 0 heterocycles. The summed E-state index contributed by atoms with van der Waals surface area (Å²) in [5.41, 5.74) is 2.38. The van der Waals surface area contributed by atoms with E-state index < -0.39 is 5.54 Å². The Bertz CT molecular complexity index is 518. The Labute approximate surface area is 128 Å². The molecule has 114 valence electrons. The third kappa shape index (κ3) is 4.47. The van der Waals surface area contributed by atoms with Gasteiger partial charge in [0, 0.05) is 12.5 Å². The van der Waals surface area contributed by atoms with E-state index in [1.807, 2.05) is 6.92 Å². The van der Waals surface area contributed by atoms with Gasteiger partial charge in [-0.1, -0.05) is 6.07 Å². The molecule has 3 heteroatoms. The van der Waals surface area contributed by atoms with Crippen LogP contribution in [0, 0.1) is 11.3 Å². The molecule has 1 unspecified atom stereocenters. The first-order valence-corrected chi connectivity index (χ1v) is 7.96. The van der Waals surface area contributed by atoms with E-state index in [1.54, 1.807) is 0 Å². The quantitative estimate of drug-likeness (QED) is 0.868. The number of fused-ring (bicyclic) bond motifs is 1. The average molecular weight is 286 g/mol. The summed E-state index contributed by atoms with van der Waals surface area (Å²) in [5, 5.41) is 12.6. The predicted molar refractivity (Wildman–Crippen MR) is 85.5 cm³/mol. The van der Waals surface area contributed by atoms with E-state index in [0.29, 0.717) is 19.1 Å². The van der Waals surface area contributed by atoms with Crippen LogP contribution in [0.2, 0.25) is 0 Å². The van der Waals surface area contributed by atoms with Crippen LogP contribution in [0.4, 0.5) is 0 Å². The molecule has 0 aliphatic heterocycles. The van der Waals surface area contributed by atoms with Gasteiger partial charge < -0.3 is 4.74 Å². The number of hydrogen-bond acceptors (Lipinski definition) is 3. The molecule has 0 aromatic heterocycles. The normalized spacial score (nSPS) is 16.9. The van der Waals surface area contributed by atoms with E-state index in [1.165, 1.54) is 30.4 Å². The number of aryl methyl sites for hydroxylation is 2. The van der Waals surface area contributed by atoms with E-state index in [0.717, 1.165) is 12.2 Å². The molecule has 1 aromatic rings. The number of hydrogen-bond donors (Lipinski definition) is 1. The molecule has 0 saturated carbocycles. The molecule has 0 amide bonds. The first-order valence-electron chi connectivity index (χ1n) is 7.96. The maximum absolute atomic E-state index is 9.32. The number of rotatable bonds is 6. The highest BCUT2D eigenvalue weighted by Gasteiger charge is 2.24. The standard InChI is InChI=1S/C18H26N2O/c1-14(2)20-18(3,13-19)10-11-21-17-9-8-15-6-4-5-7-16(15)12-17/h8-9,12,14,20H,4-7,10-11H2,1-3H3. The number of nitriles is 1. The smallest absolute Gasteiger partial charge is 0.119 e. The first kappa shape index (κ1) is 15.9. The third-order valence-electron chi connectivity index (χ3n) is 4.04. The van der Waals surface area contributed by atoms with Crippen molar-refractivity contribution in [1.82, 2.24) is 5.32 Å². The van der Waals surface area contributed by atoms with Gasteiger partial charge in [0.1, 0.15) is 11.3 Å². The molecule has 1 aliphatic rings. The molecule has 0 saturated heterocycles. The molecule has 0 radical (unpaired) electrons. The lowest BCUT2D eigenvalue weighted by Gasteiger charge is -2.26. The number of nitrogens with zero attached hydrogens (tertiary/aromatic N) is 1. The van der Waals surface area contributed by atoms with Crippen LogP contribution in [0.25, 0.3) is 0 Å². The molecule has 21 heavy (non-hydrogen) atoms. The van der Waals surface area contributed by atoms with Crippen molar-refractivity contribution in [3.63, 3.8) is 0 Å². The molecule has 0 spiro atoms.